The molecule has 0 radical (unpaired) electrons. The van der Waals surface area contributed by atoms with Crippen LogP contribution < -0.4 is 9.74 Å². The van der Waals surface area contributed by atoms with Crippen molar-refractivity contribution in [2.75, 3.05) is 0 Å². The van der Waals surface area contributed by atoms with Crippen LogP contribution in [-0.4, -0.2) is 18.5 Å². The van der Waals surface area contributed by atoms with Gasteiger partial charge in [-0.3, -0.25) is 9.36 Å². The molecule has 0 unspecified atom stereocenters. The third kappa shape index (κ3) is 3.28. The van der Waals surface area contributed by atoms with Gasteiger partial charge in [0.2, 0.25) is 0 Å². The molecule has 5 nitrogen and oxygen atoms in total. The van der Waals surface area contributed by atoms with Crippen LogP contribution in [0.25, 0.3) is 5.69 Å². The van der Waals surface area contributed by atoms with Crippen molar-refractivity contribution >= 4 is 10.1 Å². The van der Waals surface area contributed by atoms with Crippen molar-refractivity contribution in [3.63, 3.8) is 0 Å². The zero-order chi connectivity index (χ0) is 18.2. The summed E-state index contributed by atoms with van der Waals surface area (Å²) in [7, 11) is -5.83. The molecule has 134 valence electrons. The van der Waals surface area contributed by atoms with Crippen LogP contribution in [0.3, 0.4) is 0 Å². The van der Waals surface area contributed by atoms with Crippen LogP contribution in [0.2, 0.25) is 0 Å². The molecular weight excluding hydrogens is 359 g/mol. The van der Waals surface area contributed by atoms with Crippen LogP contribution in [0.15, 0.2) is 47.4 Å². The molecular formula is C16H14F3NO4S. The van der Waals surface area contributed by atoms with E-state index in [0.29, 0.717) is 18.5 Å². The number of pyridine rings is 1. The fourth-order valence-corrected chi connectivity index (χ4v) is 3.11. The molecule has 1 heterocycles. The number of aromatic nitrogens is 1. The fraction of sp³-hybridized carbons (Fsp3) is 0.312. The first-order valence-electron chi connectivity index (χ1n) is 7.52. The van der Waals surface area contributed by atoms with E-state index in [0.717, 1.165) is 12.5 Å². The number of alkyl halides is 3. The van der Waals surface area contributed by atoms with Gasteiger partial charge in [-0.05, 0) is 37.0 Å². The summed E-state index contributed by atoms with van der Waals surface area (Å²) < 4.78 is 65.9. The summed E-state index contributed by atoms with van der Waals surface area (Å²) in [4.78, 5) is 12.8. The van der Waals surface area contributed by atoms with E-state index in [1.54, 1.807) is 30.3 Å². The van der Waals surface area contributed by atoms with Crippen molar-refractivity contribution in [2.24, 2.45) is 0 Å². The van der Waals surface area contributed by atoms with E-state index < -0.39 is 26.9 Å². The van der Waals surface area contributed by atoms with Gasteiger partial charge >= 0.3 is 15.6 Å². The highest BCUT2D eigenvalue weighted by Gasteiger charge is 2.49. The van der Waals surface area contributed by atoms with Crippen molar-refractivity contribution in [1.82, 2.24) is 4.57 Å². The number of hydrogen-bond acceptors (Lipinski definition) is 4. The van der Waals surface area contributed by atoms with Crippen molar-refractivity contribution < 1.29 is 25.8 Å². The molecule has 0 saturated heterocycles. The van der Waals surface area contributed by atoms with E-state index in [-0.39, 0.29) is 11.5 Å². The van der Waals surface area contributed by atoms with Gasteiger partial charge in [-0.25, -0.2) is 0 Å². The molecule has 0 aliphatic heterocycles. The second kappa shape index (κ2) is 6.21. The molecule has 1 aromatic carbocycles. The van der Waals surface area contributed by atoms with Gasteiger partial charge in [-0.2, -0.15) is 21.6 Å². The summed E-state index contributed by atoms with van der Waals surface area (Å²) in [6, 6.07) is 9.60. The smallest absolute Gasteiger partial charge is 0.375 e. The molecule has 25 heavy (non-hydrogen) atoms. The lowest BCUT2D eigenvalue weighted by molar-refractivity contribution is -0.0500. The quantitative estimate of drug-likeness (QED) is 0.609. The van der Waals surface area contributed by atoms with Crippen molar-refractivity contribution in [3.8, 4) is 11.4 Å². The van der Waals surface area contributed by atoms with E-state index in [9.17, 15) is 26.4 Å². The second-order valence-electron chi connectivity index (χ2n) is 5.72. The molecule has 9 heteroatoms. The third-order valence-corrected chi connectivity index (χ3v) is 5.09. The molecule has 0 atom stereocenters. The molecule has 0 spiro atoms. The van der Waals surface area contributed by atoms with Gasteiger partial charge in [-0.15, -0.1) is 0 Å². The van der Waals surface area contributed by atoms with E-state index in [2.05, 4.69) is 4.18 Å². The zero-order valence-electron chi connectivity index (χ0n) is 12.9. The predicted molar refractivity (Wildman–Crippen MR) is 84.2 cm³/mol. The Hall–Kier alpha value is -2.29. The Labute approximate surface area is 141 Å². The van der Waals surface area contributed by atoms with Crippen molar-refractivity contribution in [1.29, 1.82) is 0 Å². The minimum Gasteiger partial charge on any atom is -0.375 e. The van der Waals surface area contributed by atoms with Gasteiger partial charge in [-0.1, -0.05) is 24.6 Å². The summed E-state index contributed by atoms with van der Waals surface area (Å²) >= 11 is 0. The average molecular weight is 373 g/mol. The van der Waals surface area contributed by atoms with E-state index in [1.165, 1.54) is 10.8 Å². The Kier molecular flexibility index (Phi) is 4.36. The number of hydrogen-bond donors (Lipinski definition) is 0. The molecule has 1 aliphatic carbocycles. The van der Waals surface area contributed by atoms with Gasteiger partial charge in [0.25, 0.3) is 5.56 Å². The zero-order valence-corrected chi connectivity index (χ0v) is 13.7. The highest BCUT2D eigenvalue weighted by molar-refractivity contribution is 7.88. The van der Waals surface area contributed by atoms with Crippen molar-refractivity contribution in [3.05, 3.63) is 58.5 Å². The summed E-state index contributed by atoms with van der Waals surface area (Å²) in [6.07, 6.45) is 3.21. The highest BCUT2D eigenvalue weighted by atomic mass is 32.2. The number of halogens is 3. The molecule has 0 N–H and O–H groups in total. The summed E-state index contributed by atoms with van der Waals surface area (Å²) in [6.45, 7) is 0. The first-order chi connectivity index (χ1) is 11.7. The van der Waals surface area contributed by atoms with Crippen LogP contribution in [0, 0.1) is 0 Å². The normalized spacial score (nSPS) is 15.6. The maximum Gasteiger partial charge on any atom is 0.534 e. The van der Waals surface area contributed by atoms with Gasteiger partial charge in [0, 0.05) is 11.9 Å². The number of rotatable bonds is 4. The fourth-order valence-electron chi connectivity index (χ4n) is 2.64. The molecule has 1 aliphatic rings. The van der Waals surface area contributed by atoms with Crippen LogP contribution >= 0.6 is 0 Å². The van der Waals surface area contributed by atoms with E-state index >= 15 is 0 Å². The van der Waals surface area contributed by atoms with E-state index in [1.807, 2.05) is 0 Å². The highest BCUT2D eigenvalue weighted by Crippen LogP contribution is 2.40. The van der Waals surface area contributed by atoms with Gasteiger partial charge in [0.1, 0.15) is 0 Å². The van der Waals surface area contributed by atoms with Crippen LogP contribution in [0.5, 0.6) is 5.75 Å². The van der Waals surface area contributed by atoms with Gasteiger partial charge < -0.3 is 4.18 Å². The number of nitrogens with zero attached hydrogens (tertiary/aromatic N) is 1. The minimum absolute atomic E-state index is 0.0366. The second-order valence-corrected chi connectivity index (χ2v) is 7.25. The Morgan fingerprint density at radius 1 is 1.08 bits per heavy atom. The Morgan fingerprint density at radius 3 is 2.24 bits per heavy atom. The van der Waals surface area contributed by atoms with Gasteiger partial charge in [0.15, 0.2) is 5.75 Å². The van der Waals surface area contributed by atoms with Crippen LogP contribution in [0.4, 0.5) is 13.2 Å². The molecule has 2 aromatic rings. The summed E-state index contributed by atoms with van der Waals surface area (Å²) in [5.74, 6) is -0.874. The van der Waals surface area contributed by atoms with Crippen LogP contribution in [-0.2, 0) is 10.1 Å². The first-order valence-corrected chi connectivity index (χ1v) is 8.93. The summed E-state index contributed by atoms with van der Waals surface area (Å²) in [5, 5.41) is 0. The predicted octanol–water partition coefficient (Wildman–Crippen LogP) is 3.33. The first kappa shape index (κ1) is 17.5. The minimum atomic E-state index is -5.83. The maximum atomic E-state index is 12.8. The lowest BCUT2D eigenvalue weighted by atomic mass is 9.80. The topological polar surface area (TPSA) is 65.4 Å². The number of benzene rings is 1. The Balaban J connectivity index is 2.11. The Bertz CT molecular complexity index is 932. The molecule has 1 aromatic heterocycles. The van der Waals surface area contributed by atoms with E-state index in [4.69, 9.17) is 0 Å². The molecule has 3 rings (SSSR count). The largest absolute Gasteiger partial charge is 0.534 e. The number of para-hydroxylation sites is 1. The molecule has 0 amide bonds. The lowest BCUT2D eigenvalue weighted by Gasteiger charge is -2.27. The Morgan fingerprint density at radius 2 is 1.72 bits per heavy atom. The lowest BCUT2D eigenvalue weighted by Crippen LogP contribution is -2.32. The van der Waals surface area contributed by atoms with Crippen molar-refractivity contribution in [2.45, 2.75) is 30.7 Å². The molecule has 1 saturated carbocycles. The monoisotopic (exact) mass is 373 g/mol. The third-order valence-electron chi connectivity index (χ3n) is 4.12. The summed E-state index contributed by atoms with van der Waals surface area (Å²) in [5.41, 5.74) is -5.65. The standard InChI is InChI=1S/C16H14F3NO4S/c17-16(18,19)25(22,23)24-13-9-10-20(12-7-2-1-3-8-12)15(21)14(13)11-5-4-6-11/h1-3,7-11H,4-6H2. The maximum absolute atomic E-state index is 12.8. The SMILES string of the molecule is O=c1c(C2CCC2)c(OS(=O)(=O)C(F)(F)F)ccn1-c1ccccc1. The van der Waals surface area contributed by atoms with Gasteiger partial charge in [0.05, 0.1) is 5.56 Å². The molecule has 0 bridgehead atoms. The average Bonchev–Trinajstić information content (AvgIpc) is 2.48. The molecule has 1 fully saturated rings. The van der Waals surface area contributed by atoms with Crippen LogP contribution in [0.1, 0.15) is 30.7 Å².